The highest BCUT2D eigenvalue weighted by atomic mass is 19.4. The lowest BCUT2D eigenvalue weighted by atomic mass is 10.1. The van der Waals surface area contributed by atoms with Crippen molar-refractivity contribution < 1.29 is 18.0 Å². The summed E-state index contributed by atoms with van der Waals surface area (Å²) in [5, 5.41) is 0. The number of rotatable bonds is 3. The lowest BCUT2D eigenvalue weighted by molar-refractivity contribution is -0.137. The monoisotopic (exact) mass is 257 g/mol. The van der Waals surface area contributed by atoms with Gasteiger partial charge in [0.05, 0.1) is 5.56 Å². The number of carbonyl (C=O) groups is 1. The van der Waals surface area contributed by atoms with Crippen molar-refractivity contribution in [2.24, 2.45) is 0 Å². The largest absolute Gasteiger partial charge is 0.416 e. The molecule has 0 aromatic heterocycles. The van der Waals surface area contributed by atoms with Gasteiger partial charge >= 0.3 is 6.18 Å². The molecule has 2 nitrogen and oxygen atoms in total. The zero-order valence-electron chi connectivity index (χ0n) is 10.00. The van der Waals surface area contributed by atoms with Gasteiger partial charge in [0.1, 0.15) is 0 Å². The molecule has 0 aliphatic heterocycles. The van der Waals surface area contributed by atoms with Crippen molar-refractivity contribution >= 4 is 5.91 Å². The minimum Gasteiger partial charge on any atom is -0.336 e. The summed E-state index contributed by atoms with van der Waals surface area (Å²) in [5.74, 6) is -0.314. The summed E-state index contributed by atoms with van der Waals surface area (Å²) in [6.07, 6.45) is -2.52. The maximum Gasteiger partial charge on any atom is 0.416 e. The smallest absolute Gasteiger partial charge is 0.336 e. The van der Waals surface area contributed by atoms with E-state index in [2.05, 4.69) is 0 Å². The molecule has 2 rings (SSSR count). The predicted octanol–water partition coefficient (Wildman–Crippen LogP) is 3.33. The van der Waals surface area contributed by atoms with Crippen LogP contribution in [0, 0.1) is 0 Å². The molecule has 0 heterocycles. The average molecular weight is 257 g/mol. The first-order valence-corrected chi connectivity index (χ1v) is 5.91. The van der Waals surface area contributed by atoms with Crippen LogP contribution in [0.15, 0.2) is 24.3 Å². The number of benzene rings is 1. The highest BCUT2D eigenvalue weighted by molar-refractivity contribution is 5.94. The Labute approximate surface area is 103 Å². The summed E-state index contributed by atoms with van der Waals surface area (Å²) in [4.78, 5) is 13.7. The van der Waals surface area contributed by atoms with Crippen LogP contribution in [-0.4, -0.2) is 23.4 Å². The highest BCUT2D eigenvalue weighted by Crippen LogP contribution is 2.31. The molecule has 1 fully saturated rings. The van der Waals surface area contributed by atoms with Gasteiger partial charge in [0, 0.05) is 18.2 Å². The summed E-state index contributed by atoms with van der Waals surface area (Å²) in [5.41, 5.74) is -0.668. The van der Waals surface area contributed by atoms with Crippen LogP contribution < -0.4 is 0 Å². The standard InChI is InChI=1S/C13H14F3NO/c1-2-17(11-6-7-11)12(18)9-4-3-5-10(8-9)13(14,15)16/h3-5,8,11H,2,6-7H2,1H3. The molecular weight excluding hydrogens is 243 g/mol. The SMILES string of the molecule is CCN(C(=O)c1cccc(C(F)(F)F)c1)C1CC1. The van der Waals surface area contributed by atoms with Crippen LogP contribution in [0.5, 0.6) is 0 Å². The Kier molecular flexibility index (Phi) is 3.32. The molecule has 1 aromatic carbocycles. The Balaban J connectivity index is 2.25. The molecule has 1 amide bonds. The number of hydrogen-bond donors (Lipinski definition) is 0. The van der Waals surface area contributed by atoms with Gasteiger partial charge in [0.15, 0.2) is 0 Å². The Morgan fingerprint density at radius 3 is 2.56 bits per heavy atom. The fourth-order valence-corrected chi connectivity index (χ4v) is 1.95. The minimum absolute atomic E-state index is 0.110. The van der Waals surface area contributed by atoms with E-state index < -0.39 is 11.7 Å². The summed E-state index contributed by atoms with van der Waals surface area (Å²) in [6, 6.07) is 4.81. The first kappa shape index (κ1) is 12.9. The van der Waals surface area contributed by atoms with Gasteiger partial charge in [-0.05, 0) is 38.0 Å². The third kappa shape index (κ3) is 2.66. The van der Waals surface area contributed by atoms with Gasteiger partial charge in [0.2, 0.25) is 0 Å². The second-order valence-electron chi connectivity index (χ2n) is 4.40. The zero-order chi connectivity index (χ0) is 13.3. The van der Waals surface area contributed by atoms with E-state index in [-0.39, 0.29) is 17.5 Å². The van der Waals surface area contributed by atoms with Crippen LogP contribution in [0.3, 0.4) is 0 Å². The molecule has 0 atom stereocenters. The van der Waals surface area contributed by atoms with Crippen molar-refractivity contribution in [2.45, 2.75) is 32.0 Å². The zero-order valence-corrected chi connectivity index (χ0v) is 10.00. The molecule has 0 unspecified atom stereocenters. The van der Waals surface area contributed by atoms with Crippen molar-refractivity contribution in [2.75, 3.05) is 6.54 Å². The summed E-state index contributed by atoms with van der Waals surface area (Å²) in [6.45, 7) is 2.36. The number of hydrogen-bond acceptors (Lipinski definition) is 1. The van der Waals surface area contributed by atoms with Crippen LogP contribution in [0.2, 0.25) is 0 Å². The topological polar surface area (TPSA) is 20.3 Å². The number of halogens is 3. The van der Waals surface area contributed by atoms with E-state index in [1.54, 1.807) is 4.90 Å². The van der Waals surface area contributed by atoms with Crippen molar-refractivity contribution in [3.8, 4) is 0 Å². The van der Waals surface area contributed by atoms with E-state index >= 15 is 0 Å². The Morgan fingerprint density at radius 2 is 2.06 bits per heavy atom. The van der Waals surface area contributed by atoms with Crippen LogP contribution >= 0.6 is 0 Å². The van der Waals surface area contributed by atoms with Gasteiger partial charge in [-0.3, -0.25) is 4.79 Å². The molecule has 0 saturated heterocycles. The molecule has 0 bridgehead atoms. The van der Waals surface area contributed by atoms with Gasteiger partial charge in [-0.25, -0.2) is 0 Å². The van der Waals surface area contributed by atoms with Gasteiger partial charge in [0.25, 0.3) is 5.91 Å². The molecular formula is C13H14F3NO. The Bertz CT molecular complexity index is 452. The van der Waals surface area contributed by atoms with Crippen LogP contribution in [0.4, 0.5) is 13.2 Å². The maximum absolute atomic E-state index is 12.6. The molecule has 1 saturated carbocycles. The van der Waals surface area contributed by atoms with Crippen molar-refractivity contribution in [3.63, 3.8) is 0 Å². The van der Waals surface area contributed by atoms with Crippen molar-refractivity contribution in [3.05, 3.63) is 35.4 Å². The highest BCUT2D eigenvalue weighted by Gasteiger charge is 2.34. The van der Waals surface area contributed by atoms with E-state index in [1.165, 1.54) is 12.1 Å². The van der Waals surface area contributed by atoms with E-state index in [9.17, 15) is 18.0 Å². The van der Waals surface area contributed by atoms with E-state index in [0.29, 0.717) is 6.54 Å². The van der Waals surface area contributed by atoms with Crippen molar-refractivity contribution in [1.29, 1.82) is 0 Å². The summed E-state index contributed by atoms with van der Waals surface area (Å²) in [7, 11) is 0. The van der Waals surface area contributed by atoms with Crippen LogP contribution in [-0.2, 0) is 6.18 Å². The Hall–Kier alpha value is -1.52. The third-order valence-corrected chi connectivity index (χ3v) is 3.03. The average Bonchev–Trinajstić information content (AvgIpc) is 3.13. The summed E-state index contributed by atoms with van der Waals surface area (Å²) >= 11 is 0. The normalized spacial score (nSPS) is 15.6. The molecule has 0 spiro atoms. The van der Waals surface area contributed by atoms with Gasteiger partial charge in [-0.15, -0.1) is 0 Å². The lowest BCUT2D eigenvalue weighted by Crippen LogP contribution is -2.32. The minimum atomic E-state index is -4.41. The Morgan fingerprint density at radius 1 is 1.39 bits per heavy atom. The van der Waals surface area contributed by atoms with E-state index in [0.717, 1.165) is 25.0 Å². The molecule has 18 heavy (non-hydrogen) atoms. The number of nitrogens with zero attached hydrogens (tertiary/aromatic N) is 1. The first-order chi connectivity index (χ1) is 8.43. The van der Waals surface area contributed by atoms with E-state index in [1.807, 2.05) is 6.92 Å². The molecule has 1 aromatic rings. The van der Waals surface area contributed by atoms with Gasteiger partial charge in [-0.2, -0.15) is 13.2 Å². The maximum atomic E-state index is 12.6. The summed E-state index contributed by atoms with van der Waals surface area (Å²) < 4.78 is 37.7. The molecule has 1 aliphatic carbocycles. The third-order valence-electron chi connectivity index (χ3n) is 3.03. The van der Waals surface area contributed by atoms with Crippen LogP contribution in [0.25, 0.3) is 0 Å². The van der Waals surface area contributed by atoms with Crippen LogP contribution in [0.1, 0.15) is 35.7 Å². The van der Waals surface area contributed by atoms with Crippen molar-refractivity contribution in [1.82, 2.24) is 4.90 Å². The number of carbonyl (C=O) groups excluding carboxylic acids is 1. The van der Waals surface area contributed by atoms with Gasteiger partial charge in [-0.1, -0.05) is 6.07 Å². The second-order valence-corrected chi connectivity index (χ2v) is 4.40. The fraction of sp³-hybridized carbons (Fsp3) is 0.462. The molecule has 0 N–H and O–H groups in total. The molecule has 98 valence electrons. The number of amides is 1. The fourth-order valence-electron chi connectivity index (χ4n) is 1.95. The van der Waals surface area contributed by atoms with E-state index in [4.69, 9.17) is 0 Å². The molecule has 5 heteroatoms. The second kappa shape index (κ2) is 4.63. The molecule has 1 aliphatic rings. The number of alkyl halides is 3. The quantitative estimate of drug-likeness (QED) is 0.813. The lowest BCUT2D eigenvalue weighted by Gasteiger charge is -2.20. The first-order valence-electron chi connectivity index (χ1n) is 5.91. The van der Waals surface area contributed by atoms with Gasteiger partial charge < -0.3 is 4.90 Å². The predicted molar refractivity (Wildman–Crippen MR) is 61.2 cm³/mol. The molecule has 0 radical (unpaired) electrons.